The number of urea groups is 1. The predicted octanol–water partition coefficient (Wildman–Crippen LogP) is 0.584. The molecule has 0 saturated heterocycles. The first-order valence-electron chi connectivity index (χ1n) is 6.09. The highest BCUT2D eigenvalue weighted by molar-refractivity contribution is 5.87. The van der Waals surface area contributed by atoms with E-state index < -0.39 is 5.60 Å². The number of carbonyl (C=O) groups excluding carboxylic acids is 1. The number of nitrogens with one attached hydrogen (secondary N) is 1. The SMILES string of the molecule is CN(CC1(O)CCCC1)C(=O)Nc1ncnn1C. The predicted molar refractivity (Wildman–Crippen MR) is 66.1 cm³/mol. The van der Waals surface area contributed by atoms with Gasteiger partial charge in [-0.3, -0.25) is 5.32 Å². The molecule has 2 rings (SSSR count). The molecule has 1 heterocycles. The maximum atomic E-state index is 11.9. The molecule has 100 valence electrons. The Labute approximate surface area is 106 Å². The van der Waals surface area contributed by atoms with Crippen molar-refractivity contribution in [3.63, 3.8) is 0 Å². The Morgan fingerprint density at radius 1 is 1.61 bits per heavy atom. The molecule has 0 aliphatic heterocycles. The topological polar surface area (TPSA) is 83.3 Å². The van der Waals surface area contributed by atoms with Gasteiger partial charge in [-0.1, -0.05) is 12.8 Å². The maximum absolute atomic E-state index is 11.9. The number of likely N-dealkylation sites (N-methyl/N-ethyl adjacent to an activating group) is 1. The fourth-order valence-electron chi connectivity index (χ4n) is 2.30. The normalized spacial score (nSPS) is 17.7. The summed E-state index contributed by atoms with van der Waals surface area (Å²) in [7, 11) is 3.37. The van der Waals surface area contributed by atoms with Crippen LogP contribution in [0.4, 0.5) is 10.7 Å². The zero-order valence-corrected chi connectivity index (χ0v) is 10.8. The van der Waals surface area contributed by atoms with Gasteiger partial charge >= 0.3 is 6.03 Å². The quantitative estimate of drug-likeness (QED) is 0.825. The summed E-state index contributed by atoms with van der Waals surface area (Å²) in [5.74, 6) is 0.394. The van der Waals surface area contributed by atoms with Crippen LogP contribution in [-0.2, 0) is 7.05 Å². The van der Waals surface area contributed by atoms with Gasteiger partial charge in [0, 0.05) is 14.1 Å². The standard InChI is InChI=1S/C11H19N5O2/c1-15(7-11(18)5-3-4-6-11)10(17)14-9-12-8-13-16(9)2/h8,18H,3-7H2,1-2H3,(H,12,13,14,17). The van der Waals surface area contributed by atoms with Crippen molar-refractivity contribution in [1.82, 2.24) is 19.7 Å². The highest BCUT2D eigenvalue weighted by atomic mass is 16.3. The van der Waals surface area contributed by atoms with Crippen molar-refractivity contribution in [2.75, 3.05) is 18.9 Å². The average Bonchev–Trinajstić information content (AvgIpc) is 2.89. The summed E-state index contributed by atoms with van der Waals surface area (Å²) in [5.41, 5.74) is -0.730. The molecule has 1 aromatic heterocycles. The van der Waals surface area contributed by atoms with Crippen LogP contribution in [0.15, 0.2) is 6.33 Å². The van der Waals surface area contributed by atoms with Crippen LogP contribution in [0.25, 0.3) is 0 Å². The van der Waals surface area contributed by atoms with E-state index in [1.807, 2.05) is 0 Å². The van der Waals surface area contributed by atoms with Crippen molar-refractivity contribution in [3.8, 4) is 0 Å². The number of hydrogen-bond donors (Lipinski definition) is 2. The molecule has 0 unspecified atom stereocenters. The third-order valence-corrected chi connectivity index (χ3v) is 3.34. The number of amides is 2. The fourth-order valence-corrected chi connectivity index (χ4v) is 2.30. The first-order chi connectivity index (χ1) is 8.50. The molecular weight excluding hydrogens is 234 g/mol. The van der Waals surface area contributed by atoms with Gasteiger partial charge in [0.25, 0.3) is 0 Å². The molecule has 0 aromatic carbocycles. The first-order valence-corrected chi connectivity index (χ1v) is 6.09. The van der Waals surface area contributed by atoms with E-state index in [4.69, 9.17) is 0 Å². The van der Waals surface area contributed by atoms with Gasteiger partial charge in [0.15, 0.2) is 0 Å². The molecule has 7 heteroatoms. The van der Waals surface area contributed by atoms with Gasteiger partial charge in [0.1, 0.15) is 6.33 Å². The monoisotopic (exact) mass is 253 g/mol. The molecule has 0 radical (unpaired) electrons. The number of carbonyl (C=O) groups is 1. The van der Waals surface area contributed by atoms with Gasteiger partial charge in [-0.25, -0.2) is 9.48 Å². The zero-order valence-electron chi connectivity index (χ0n) is 10.8. The van der Waals surface area contributed by atoms with Crippen LogP contribution in [0.2, 0.25) is 0 Å². The summed E-state index contributed by atoms with van der Waals surface area (Å²) in [6.07, 6.45) is 4.94. The highest BCUT2D eigenvalue weighted by Gasteiger charge is 2.33. The summed E-state index contributed by atoms with van der Waals surface area (Å²) in [6.45, 7) is 0.344. The molecule has 0 bridgehead atoms. The second-order valence-electron chi connectivity index (χ2n) is 4.92. The highest BCUT2D eigenvalue weighted by Crippen LogP contribution is 2.29. The third-order valence-electron chi connectivity index (χ3n) is 3.34. The van der Waals surface area contributed by atoms with Crippen molar-refractivity contribution in [2.24, 2.45) is 7.05 Å². The van der Waals surface area contributed by atoms with Crippen molar-refractivity contribution in [1.29, 1.82) is 0 Å². The van der Waals surface area contributed by atoms with Crippen LogP contribution < -0.4 is 5.32 Å². The second kappa shape index (κ2) is 4.93. The van der Waals surface area contributed by atoms with E-state index in [-0.39, 0.29) is 6.03 Å². The molecule has 1 aliphatic carbocycles. The summed E-state index contributed by atoms with van der Waals surface area (Å²) in [6, 6.07) is -0.286. The first kappa shape index (κ1) is 12.8. The van der Waals surface area contributed by atoms with E-state index in [9.17, 15) is 9.90 Å². The lowest BCUT2D eigenvalue weighted by Crippen LogP contribution is -2.43. The van der Waals surface area contributed by atoms with Crippen LogP contribution in [0.5, 0.6) is 0 Å². The van der Waals surface area contributed by atoms with Crippen LogP contribution in [0.1, 0.15) is 25.7 Å². The number of anilines is 1. The van der Waals surface area contributed by atoms with Gasteiger partial charge in [0.2, 0.25) is 5.95 Å². The van der Waals surface area contributed by atoms with Crippen LogP contribution in [0.3, 0.4) is 0 Å². The number of rotatable bonds is 3. The van der Waals surface area contributed by atoms with Gasteiger partial charge in [-0.15, -0.1) is 0 Å². The van der Waals surface area contributed by atoms with Gasteiger partial charge in [-0.05, 0) is 12.8 Å². The van der Waals surface area contributed by atoms with Crippen molar-refractivity contribution < 1.29 is 9.90 Å². The van der Waals surface area contributed by atoms with E-state index in [1.165, 1.54) is 15.9 Å². The lowest BCUT2D eigenvalue weighted by molar-refractivity contribution is 0.0261. The lowest BCUT2D eigenvalue weighted by Gasteiger charge is -2.28. The van der Waals surface area contributed by atoms with Gasteiger partial charge in [-0.2, -0.15) is 10.1 Å². The Bertz CT molecular complexity index is 425. The average molecular weight is 253 g/mol. The molecule has 0 atom stereocenters. The summed E-state index contributed by atoms with van der Waals surface area (Å²) < 4.78 is 1.48. The second-order valence-corrected chi connectivity index (χ2v) is 4.92. The summed E-state index contributed by atoms with van der Waals surface area (Å²) in [4.78, 5) is 17.3. The molecule has 1 saturated carbocycles. The van der Waals surface area contributed by atoms with Crippen LogP contribution in [0, 0.1) is 0 Å². The Kier molecular flexibility index (Phi) is 3.51. The number of nitrogens with zero attached hydrogens (tertiary/aromatic N) is 4. The van der Waals surface area contributed by atoms with E-state index in [0.717, 1.165) is 25.7 Å². The van der Waals surface area contributed by atoms with E-state index in [0.29, 0.717) is 12.5 Å². The Morgan fingerprint density at radius 2 is 2.28 bits per heavy atom. The van der Waals surface area contributed by atoms with E-state index >= 15 is 0 Å². The van der Waals surface area contributed by atoms with Gasteiger partial charge < -0.3 is 10.0 Å². The lowest BCUT2D eigenvalue weighted by atomic mass is 10.0. The Balaban J connectivity index is 1.91. The van der Waals surface area contributed by atoms with Crippen molar-refractivity contribution in [3.05, 3.63) is 6.33 Å². The molecular formula is C11H19N5O2. The van der Waals surface area contributed by atoms with E-state index in [1.54, 1.807) is 14.1 Å². The number of aryl methyl sites for hydroxylation is 1. The minimum atomic E-state index is -0.730. The molecule has 2 amide bonds. The minimum Gasteiger partial charge on any atom is -0.388 e. The molecule has 1 aromatic rings. The maximum Gasteiger partial charge on any atom is 0.324 e. The largest absolute Gasteiger partial charge is 0.388 e. The fraction of sp³-hybridized carbons (Fsp3) is 0.727. The molecule has 0 spiro atoms. The molecule has 7 nitrogen and oxygen atoms in total. The molecule has 2 N–H and O–H groups in total. The summed E-state index contributed by atoms with van der Waals surface area (Å²) in [5, 5.41) is 16.8. The Hall–Kier alpha value is -1.63. The molecule has 1 aliphatic rings. The van der Waals surface area contributed by atoms with Crippen molar-refractivity contribution in [2.45, 2.75) is 31.3 Å². The molecule has 18 heavy (non-hydrogen) atoms. The van der Waals surface area contributed by atoms with Crippen LogP contribution in [-0.4, -0.2) is 50.0 Å². The van der Waals surface area contributed by atoms with Crippen LogP contribution >= 0.6 is 0 Å². The number of aliphatic hydroxyl groups is 1. The summed E-state index contributed by atoms with van der Waals surface area (Å²) >= 11 is 0. The van der Waals surface area contributed by atoms with Crippen molar-refractivity contribution >= 4 is 12.0 Å². The minimum absolute atomic E-state index is 0.286. The zero-order chi connectivity index (χ0) is 13.2. The Morgan fingerprint density at radius 3 is 2.83 bits per heavy atom. The number of aromatic nitrogens is 3. The number of hydrogen-bond acceptors (Lipinski definition) is 4. The molecule has 1 fully saturated rings. The smallest absolute Gasteiger partial charge is 0.324 e. The van der Waals surface area contributed by atoms with Gasteiger partial charge in [0.05, 0.1) is 12.1 Å². The van der Waals surface area contributed by atoms with E-state index in [2.05, 4.69) is 15.4 Å². The third kappa shape index (κ3) is 2.79.